The Morgan fingerprint density at radius 1 is 1.00 bits per heavy atom. The molecule has 1 rings (SSSR count). The lowest BCUT2D eigenvalue weighted by Gasteiger charge is -2.37. The lowest BCUT2D eigenvalue weighted by Crippen LogP contribution is -2.59. The van der Waals surface area contributed by atoms with Crippen molar-refractivity contribution in [1.82, 2.24) is 0 Å². The number of aliphatic hydroxyl groups excluding tert-OH is 4. The number of nitrogens with two attached hydrogens (primary N) is 1. The molecule has 72 valence electrons. The first-order valence-electron chi connectivity index (χ1n) is 3.65. The number of hydrogen-bond acceptors (Lipinski definition) is 6. The molecule has 1 saturated heterocycles. The van der Waals surface area contributed by atoms with E-state index in [1.165, 1.54) is 0 Å². The average Bonchev–Trinajstić information content (AvgIpc) is 2.08. The highest BCUT2D eigenvalue weighted by atomic mass is 16.6. The molecule has 0 saturated carbocycles. The Balaban J connectivity index is 2.63. The van der Waals surface area contributed by atoms with Crippen molar-refractivity contribution in [3.63, 3.8) is 0 Å². The van der Waals surface area contributed by atoms with Crippen LogP contribution in [0.3, 0.4) is 0 Å². The number of ether oxygens (including phenoxy) is 1. The van der Waals surface area contributed by atoms with Crippen molar-refractivity contribution >= 4 is 0 Å². The number of aliphatic hydroxyl groups is 4. The van der Waals surface area contributed by atoms with Crippen molar-refractivity contribution in [2.24, 2.45) is 5.73 Å². The Kier molecular flexibility index (Phi) is 2.99. The van der Waals surface area contributed by atoms with Crippen LogP contribution in [-0.4, -0.2) is 57.7 Å². The summed E-state index contributed by atoms with van der Waals surface area (Å²) >= 11 is 0. The molecule has 6 heteroatoms. The van der Waals surface area contributed by atoms with Crippen molar-refractivity contribution in [2.75, 3.05) is 6.54 Å². The molecule has 1 heterocycles. The minimum absolute atomic E-state index is 0.0258. The van der Waals surface area contributed by atoms with Crippen LogP contribution in [0, 0.1) is 0 Å². The van der Waals surface area contributed by atoms with E-state index in [0.29, 0.717) is 0 Å². The van der Waals surface area contributed by atoms with Crippen molar-refractivity contribution in [1.29, 1.82) is 0 Å². The fraction of sp³-hybridized carbons (Fsp3) is 1.00. The summed E-state index contributed by atoms with van der Waals surface area (Å²) in [5.74, 6) is 0. The molecule has 0 aliphatic carbocycles. The molecule has 0 radical (unpaired) electrons. The molecule has 6 nitrogen and oxygen atoms in total. The third-order valence-electron chi connectivity index (χ3n) is 1.92. The molecule has 1 aliphatic heterocycles. The third kappa shape index (κ3) is 1.58. The Labute approximate surface area is 69.2 Å². The Bertz CT molecular complexity index is 150. The molecule has 0 aromatic carbocycles. The fourth-order valence-corrected chi connectivity index (χ4v) is 1.13. The van der Waals surface area contributed by atoms with E-state index >= 15 is 0 Å². The van der Waals surface area contributed by atoms with Gasteiger partial charge in [0, 0.05) is 6.54 Å². The summed E-state index contributed by atoms with van der Waals surface area (Å²) in [4.78, 5) is 0. The second-order valence-electron chi connectivity index (χ2n) is 2.77. The van der Waals surface area contributed by atoms with E-state index in [-0.39, 0.29) is 6.54 Å². The molecular formula is C6H13NO5. The number of rotatable bonds is 1. The second-order valence-corrected chi connectivity index (χ2v) is 2.77. The summed E-state index contributed by atoms with van der Waals surface area (Å²) in [6.07, 6.45) is -6.48. The molecule has 0 aromatic rings. The molecule has 0 amide bonds. The molecule has 0 spiro atoms. The van der Waals surface area contributed by atoms with Gasteiger partial charge in [-0.3, -0.25) is 0 Å². The van der Waals surface area contributed by atoms with Gasteiger partial charge in [-0.15, -0.1) is 0 Å². The summed E-state index contributed by atoms with van der Waals surface area (Å²) in [7, 11) is 0. The first-order valence-corrected chi connectivity index (χ1v) is 3.65. The highest BCUT2D eigenvalue weighted by Gasteiger charge is 2.42. The third-order valence-corrected chi connectivity index (χ3v) is 1.92. The Morgan fingerprint density at radius 2 is 1.58 bits per heavy atom. The van der Waals surface area contributed by atoms with Crippen LogP contribution in [0.2, 0.25) is 0 Å². The van der Waals surface area contributed by atoms with Crippen LogP contribution in [-0.2, 0) is 4.74 Å². The van der Waals surface area contributed by atoms with Gasteiger partial charge in [-0.2, -0.15) is 0 Å². The minimum Gasteiger partial charge on any atom is -0.388 e. The Morgan fingerprint density at radius 3 is 2.08 bits per heavy atom. The van der Waals surface area contributed by atoms with Crippen molar-refractivity contribution in [2.45, 2.75) is 30.7 Å². The molecule has 0 unspecified atom stereocenters. The molecule has 0 bridgehead atoms. The maximum Gasteiger partial charge on any atom is 0.184 e. The van der Waals surface area contributed by atoms with Gasteiger partial charge in [-0.1, -0.05) is 0 Å². The quantitative estimate of drug-likeness (QED) is 0.288. The smallest absolute Gasteiger partial charge is 0.184 e. The van der Waals surface area contributed by atoms with Gasteiger partial charge in [0.15, 0.2) is 6.29 Å². The van der Waals surface area contributed by atoms with Gasteiger partial charge < -0.3 is 30.9 Å². The zero-order valence-electron chi connectivity index (χ0n) is 6.37. The molecular weight excluding hydrogens is 166 g/mol. The van der Waals surface area contributed by atoms with E-state index in [2.05, 4.69) is 0 Å². The van der Waals surface area contributed by atoms with E-state index in [9.17, 15) is 5.11 Å². The number of hydrogen-bond donors (Lipinski definition) is 5. The minimum atomic E-state index is -1.49. The molecule has 5 atom stereocenters. The molecule has 1 aliphatic rings. The average molecular weight is 179 g/mol. The zero-order chi connectivity index (χ0) is 9.30. The van der Waals surface area contributed by atoms with E-state index in [0.717, 1.165) is 0 Å². The SMILES string of the molecule is NC[C@H]1O[C@H](O)[C@H](O)[C@@H](O)[C@H]1O. The first-order chi connectivity index (χ1) is 5.57. The van der Waals surface area contributed by atoms with Crippen LogP contribution < -0.4 is 5.73 Å². The predicted octanol–water partition coefficient (Wildman–Crippen LogP) is -3.25. The summed E-state index contributed by atoms with van der Waals surface area (Å²) in [6, 6.07) is 0. The predicted molar refractivity (Wildman–Crippen MR) is 38.0 cm³/mol. The van der Waals surface area contributed by atoms with Gasteiger partial charge >= 0.3 is 0 Å². The molecule has 0 aromatic heterocycles. The summed E-state index contributed by atoms with van der Waals surface area (Å²) in [6.45, 7) is -0.0258. The van der Waals surface area contributed by atoms with Crippen LogP contribution >= 0.6 is 0 Å². The standard InChI is InChI=1S/C6H13NO5/c7-1-2-3(8)4(9)5(10)6(11)12-2/h2-6,8-11H,1,7H2/t2-,3+,4+,5-,6+/m1/s1. The second kappa shape index (κ2) is 3.65. The van der Waals surface area contributed by atoms with Crippen LogP contribution in [0.4, 0.5) is 0 Å². The van der Waals surface area contributed by atoms with Crippen LogP contribution in [0.5, 0.6) is 0 Å². The van der Waals surface area contributed by atoms with E-state index < -0.39 is 30.7 Å². The first kappa shape index (κ1) is 9.85. The fourth-order valence-electron chi connectivity index (χ4n) is 1.13. The monoisotopic (exact) mass is 179 g/mol. The van der Waals surface area contributed by atoms with Crippen LogP contribution in [0.15, 0.2) is 0 Å². The summed E-state index contributed by atoms with van der Waals surface area (Å²) in [5.41, 5.74) is 5.17. The van der Waals surface area contributed by atoms with Gasteiger partial charge in [0.25, 0.3) is 0 Å². The highest BCUT2D eigenvalue weighted by Crippen LogP contribution is 2.18. The molecule has 6 N–H and O–H groups in total. The van der Waals surface area contributed by atoms with Gasteiger partial charge in [-0.05, 0) is 0 Å². The lowest BCUT2D eigenvalue weighted by molar-refractivity contribution is -0.279. The van der Waals surface area contributed by atoms with Crippen molar-refractivity contribution in [3.8, 4) is 0 Å². The maximum atomic E-state index is 9.20. The normalized spacial score (nSPS) is 49.2. The van der Waals surface area contributed by atoms with Crippen LogP contribution in [0.1, 0.15) is 0 Å². The summed E-state index contributed by atoms with van der Waals surface area (Å²) in [5, 5.41) is 36.3. The van der Waals surface area contributed by atoms with E-state index in [4.69, 9.17) is 25.8 Å². The van der Waals surface area contributed by atoms with Gasteiger partial charge in [0.2, 0.25) is 0 Å². The maximum absolute atomic E-state index is 9.20. The lowest BCUT2D eigenvalue weighted by atomic mass is 9.99. The topological polar surface area (TPSA) is 116 Å². The summed E-state index contributed by atoms with van der Waals surface area (Å²) < 4.78 is 4.70. The Hall–Kier alpha value is -0.240. The molecule has 1 fully saturated rings. The van der Waals surface area contributed by atoms with Gasteiger partial charge in [-0.25, -0.2) is 0 Å². The van der Waals surface area contributed by atoms with Gasteiger partial charge in [0.1, 0.15) is 24.4 Å². The van der Waals surface area contributed by atoms with Crippen LogP contribution in [0.25, 0.3) is 0 Å². The van der Waals surface area contributed by atoms with Gasteiger partial charge in [0.05, 0.1) is 0 Å². The molecule has 12 heavy (non-hydrogen) atoms. The largest absolute Gasteiger partial charge is 0.388 e. The van der Waals surface area contributed by atoms with Crippen molar-refractivity contribution < 1.29 is 25.2 Å². The highest BCUT2D eigenvalue weighted by molar-refractivity contribution is 4.88. The van der Waals surface area contributed by atoms with E-state index in [1.807, 2.05) is 0 Å². The van der Waals surface area contributed by atoms with E-state index in [1.54, 1.807) is 0 Å². The zero-order valence-corrected chi connectivity index (χ0v) is 6.37. The van der Waals surface area contributed by atoms with Crippen molar-refractivity contribution in [3.05, 3.63) is 0 Å².